The second-order valence-electron chi connectivity index (χ2n) is 5.03. The van der Waals surface area contributed by atoms with Crippen molar-refractivity contribution >= 4 is 5.78 Å². The Morgan fingerprint density at radius 2 is 1.64 bits per heavy atom. The molecule has 5 N–H and O–H groups in total. The van der Waals surface area contributed by atoms with Crippen LogP contribution in [0, 0.1) is 0 Å². The minimum absolute atomic E-state index is 0.0548. The molecule has 0 aliphatic carbocycles. The Balaban J connectivity index is 1.96. The minimum Gasteiger partial charge on any atom is -0.504 e. The van der Waals surface area contributed by atoms with E-state index in [1.807, 2.05) is 0 Å². The van der Waals surface area contributed by atoms with E-state index in [1.54, 1.807) is 0 Å². The molecule has 114 valence electrons. The first-order chi connectivity index (χ1) is 10.3. The normalized spacial score (nSPS) is 19.8. The molecule has 1 atom stereocenters. The van der Waals surface area contributed by atoms with E-state index in [4.69, 9.17) is 4.74 Å². The summed E-state index contributed by atoms with van der Waals surface area (Å²) >= 11 is 0. The summed E-state index contributed by atoms with van der Waals surface area (Å²) in [5.74, 6) is -5.17. The van der Waals surface area contributed by atoms with Crippen LogP contribution in [0.15, 0.2) is 30.3 Å². The Morgan fingerprint density at radius 1 is 0.955 bits per heavy atom. The average molecular weight is 304 g/mol. The SMILES string of the molecule is O=C1c2ccc(O)c(O)c2O[C@]1(O)Cc1ccc(O)c(O)c1. The van der Waals surface area contributed by atoms with E-state index in [9.17, 15) is 30.3 Å². The molecule has 1 heterocycles. The maximum atomic E-state index is 12.3. The molecule has 22 heavy (non-hydrogen) atoms. The Labute approximate surface area is 124 Å². The van der Waals surface area contributed by atoms with Gasteiger partial charge in [-0.1, -0.05) is 6.07 Å². The zero-order chi connectivity index (χ0) is 16.1. The Hall–Kier alpha value is -2.93. The first kappa shape index (κ1) is 14.0. The molecule has 0 radical (unpaired) electrons. The van der Waals surface area contributed by atoms with Crippen LogP contribution in [0.5, 0.6) is 28.7 Å². The van der Waals surface area contributed by atoms with E-state index in [0.717, 1.165) is 6.07 Å². The van der Waals surface area contributed by atoms with Crippen LogP contribution in [0.25, 0.3) is 0 Å². The van der Waals surface area contributed by atoms with Gasteiger partial charge < -0.3 is 30.3 Å². The van der Waals surface area contributed by atoms with Crippen LogP contribution in [0.4, 0.5) is 0 Å². The smallest absolute Gasteiger partial charge is 0.277 e. The van der Waals surface area contributed by atoms with Crippen LogP contribution in [-0.4, -0.2) is 37.1 Å². The maximum absolute atomic E-state index is 12.3. The number of fused-ring (bicyclic) bond motifs is 1. The number of hydrogen-bond donors (Lipinski definition) is 5. The lowest BCUT2D eigenvalue weighted by atomic mass is 9.98. The zero-order valence-electron chi connectivity index (χ0n) is 11.1. The van der Waals surface area contributed by atoms with Gasteiger partial charge in [-0.2, -0.15) is 0 Å². The van der Waals surface area contributed by atoms with Gasteiger partial charge >= 0.3 is 0 Å². The van der Waals surface area contributed by atoms with E-state index in [-0.39, 0.29) is 23.5 Å². The number of phenolic OH excluding ortho intramolecular Hbond substituents is 4. The number of aliphatic hydroxyl groups is 1. The number of ketones is 1. The fraction of sp³-hybridized carbons (Fsp3) is 0.133. The molecule has 1 aliphatic heterocycles. The summed E-state index contributed by atoms with van der Waals surface area (Å²) < 4.78 is 5.14. The van der Waals surface area contributed by atoms with Crippen LogP contribution in [-0.2, 0) is 6.42 Å². The van der Waals surface area contributed by atoms with Crippen LogP contribution < -0.4 is 4.74 Å². The van der Waals surface area contributed by atoms with Gasteiger partial charge in [0.1, 0.15) is 0 Å². The lowest BCUT2D eigenvalue weighted by Crippen LogP contribution is -2.42. The summed E-state index contributed by atoms with van der Waals surface area (Å²) in [4.78, 5) is 12.3. The molecule has 2 aromatic carbocycles. The van der Waals surface area contributed by atoms with E-state index in [0.29, 0.717) is 5.56 Å². The predicted molar refractivity (Wildman–Crippen MR) is 73.2 cm³/mol. The molecule has 0 bridgehead atoms. The van der Waals surface area contributed by atoms with E-state index >= 15 is 0 Å². The highest BCUT2D eigenvalue weighted by Crippen LogP contribution is 2.46. The van der Waals surface area contributed by atoms with Crippen LogP contribution in [0.2, 0.25) is 0 Å². The number of ether oxygens (including phenoxy) is 1. The van der Waals surface area contributed by atoms with Crippen molar-refractivity contribution in [2.75, 3.05) is 0 Å². The van der Waals surface area contributed by atoms with E-state index in [2.05, 4.69) is 0 Å². The molecule has 0 aromatic heterocycles. The van der Waals surface area contributed by atoms with Gasteiger partial charge in [0.05, 0.1) is 5.56 Å². The third-order valence-electron chi connectivity index (χ3n) is 3.46. The largest absolute Gasteiger partial charge is 0.504 e. The predicted octanol–water partition coefficient (Wildman–Crippen LogP) is 1.02. The monoisotopic (exact) mass is 304 g/mol. The van der Waals surface area contributed by atoms with Crippen molar-refractivity contribution in [2.45, 2.75) is 12.2 Å². The lowest BCUT2D eigenvalue weighted by Gasteiger charge is -2.20. The highest BCUT2D eigenvalue weighted by atomic mass is 16.6. The van der Waals surface area contributed by atoms with Crippen molar-refractivity contribution in [2.24, 2.45) is 0 Å². The topological polar surface area (TPSA) is 127 Å². The number of benzene rings is 2. The molecule has 2 aromatic rings. The standard InChI is InChI=1S/C15H12O7/c16-9-3-1-7(5-11(9)18)6-15(21)14(20)8-2-4-10(17)12(19)13(8)22-15/h1-5,16-19,21H,6H2/t15-/m1/s1. The first-order valence-electron chi connectivity index (χ1n) is 6.34. The molecule has 7 heteroatoms. The fourth-order valence-corrected chi connectivity index (χ4v) is 2.34. The van der Waals surface area contributed by atoms with Crippen molar-refractivity contribution in [3.05, 3.63) is 41.5 Å². The number of rotatable bonds is 2. The quantitative estimate of drug-likeness (QED) is 0.524. The Morgan fingerprint density at radius 3 is 2.32 bits per heavy atom. The van der Waals surface area contributed by atoms with E-state index < -0.39 is 28.8 Å². The number of carbonyl (C=O) groups excluding carboxylic acids is 1. The summed E-state index contributed by atoms with van der Waals surface area (Å²) in [6, 6.07) is 6.16. The number of hydrogen-bond acceptors (Lipinski definition) is 7. The molecule has 0 saturated carbocycles. The Kier molecular flexibility index (Phi) is 2.89. The van der Waals surface area contributed by atoms with Gasteiger partial charge in [0.2, 0.25) is 11.5 Å². The summed E-state index contributed by atoms with van der Waals surface area (Å²) in [5, 5.41) is 48.2. The molecule has 0 fully saturated rings. The number of carbonyl (C=O) groups is 1. The van der Waals surface area contributed by atoms with Gasteiger partial charge in [0.25, 0.3) is 5.79 Å². The molecule has 0 unspecified atom stereocenters. The fourth-order valence-electron chi connectivity index (χ4n) is 2.34. The Bertz CT molecular complexity index is 784. The van der Waals surface area contributed by atoms with Gasteiger partial charge in [-0.25, -0.2) is 0 Å². The third-order valence-corrected chi connectivity index (χ3v) is 3.46. The number of Topliss-reactive ketones (excluding diaryl/α,β-unsaturated/α-hetero) is 1. The van der Waals surface area contributed by atoms with Crippen LogP contribution in [0.3, 0.4) is 0 Å². The van der Waals surface area contributed by atoms with Crippen LogP contribution >= 0.6 is 0 Å². The molecule has 0 spiro atoms. The van der Waals surface area contributed by atoms with Crippen molar-refractivity contribution in [3.63, 3.8) is 0 Å². The highest BCUT2D eigenvalue weighted by Gasteiger charge is 2.48. The average Bonchev–Trinajstić information content (AvgIpc) is 2.72. The van der Waals surface area contributed by atoms with Gasteiger partial charge in [-0.05, 0) is 29.8 Å². The first-order valence-corrected chi connectivity index (χ1v) is 6.34. The van der Waals surface area contributed by atoms with Gasteiger partial charge in [-0.15, -0.1) is 0 Å². The number of aromatic hydroxyl groups is 4. The molecule has 0 saturated heterocycles. The molecule has 1 aliphatic rings. The molecule has 3 rings (SSSR count). The van der Waals surface area contributed by atoms with Crippen molar-refractivity contribution in [1.82, 2.24) is 0 Å². The van der Waals surface area contributed by atoms with Gasteiger partial charge in [0.15, 0.2) is 23.0 Å². The van der Waals surface area contributed by atoms with Gasteiger partial charge in [-0.3, -0.25) is 4.79 Å². The molecular weight excluding hydrogens is 292 g/mol. The lowest BCUT2D eigenvalue weighted by molar-refractivity contribution is -0.0897. The molecule has 0 amide bonds. The second-order valence-corrected chi connectivity index (χ2v) is 5.03. The van der Waals surface area contributed by atoms with Crippen molar-refractivity contribution < 1.29 is 35.1 Å². The van der Waals surface area contributed by atoms with E-state index in [1.165, 1.54) is 24.3 Å². The minimum atomic E-state index is -2.27. The summed E-state index contributed by atoms with van der Waals surface area (Å²) in [5.41, 5.74) is 0.281. The maximum Gasteiger partial charge on any atom is 0.277 e. The summed E-state index contributed by atoms with van der Waals surface area (Å²) in [6.07, 6.45) is -0.311. The summed E-state index contributed by atoms with van der Waals surface area (Å²) in [7, 11) is 0. The number of phenols is 4. The highest BCUT2D eigenvalue weighted by molar-refractivity contribution is 6.07. The zero-order valence-corrected chi connectivity index (χ0v) is 11.1. The molecular formula is C15H12O7. The second kappa shape index (κ2) is 4.54. The third kappa shape index (κ3) is 1.99. The molecule has 7 nitrogen and oxygen atoms in total. The van der Waals surface area contributed by atoms with Gasteiger partial charge in [0, 0.05) is 6.42 Å². The summed E-state index contributed by atoms with van der Waals surface area (Å²) in [6.45, 7) is 0. The van der Waals surface area contributed by atoms with Crippen molar-refractivity contribution in [1.29, 1.82) is 0 Å². The van der Waals surface area contributed by atoms with Crippen molar-refractivity contribution in [3.8, 4) is 28.7 Å². The van der Waals surface area contributed by atoms with Crippen LogP contribution in [0.1, 0.15) is 15.9 Å².